The third kappa shape index (κ3) is 8.53. The number of ether oxygens (including phenoxy) is 1. The molecule has 0 unspecified atom stereocenters. The van der Waals surface area contributed by atoms with Gasteiger partial charge in [-0.15, -0.1) is 0 Å². The van der Waals surface area contributed by atoms with Crippen LogP contribution in [0.3, 0.4) is 0 Å². The molecule has 0 bridgehead atoms. The fraction of sp³-hybridized carbons (Fsp3) is 0.367. The van der Waals surface area contributed by atoms with Gasteiger partial charge in [0.25, 0.3) is 0 Å². The molecule has 0 spiro atoms. The van der Waals surface area contributed by atoms with Crippen molar-refractivity contribution in [3.63, 3.8) is 0 Å². The zero-order valence-corrected chi connectivity index (χ0v) is 25.7. The predicted molar refractivity (Wildman–Crippen MR) is 157 cm³/mol. The van der Waals surface area contributed by atoms with Crippen LogP contribution in [0.4, 0.5) is 11.4 Å². The van der Waals surface area contributed by atoms with E-state index >= 15 is 0 Å². The Bertz CT molecular complexity index is 1140. The summed E-state index contributed by atoms with van der Waals surface area (Å²) in [6, 6.07) is 19.1. The van der Waals surface area contributed by atoms with E-state index in [-0.39, 0.29) is 0 Å². The van der Waals surface area contributed by atoms with Crippen LogP contribution in [-0.2, 0) is 19.9 Å². The molecule has 4 rings (SSSR count). The zero-order chi connectivity index (χ0) is 26.9. The maximum atomic E-state index is 6.21. The summed E-state index contributed by atoms with van der Waals surface area (Å²) < 4.78 is 6.21. The molecular formula is C30H38Cl2N3ORu-. The van der Waals surface area contributed by atoms with Gasteiger partial charge in [-0.3, -0.25) is 4.98 Å². The number of aryl methyl sites for hydroxylation is 1. The van der Waals surface area contributed by atoms with Crippen molar-refractivity contribution in [2.75, 3.05) is 29.5 Å². The van der Waals surface area contributed by atoms with Gasteiger partial charge in [0.15, 0.2) is 0 Å². The van der Waals surface area contributed by atoms with Crippen LogP contribution in [0, 0.1) is 13.6 Å². The van der Waals surface area contributed by atoms with Gasteiger partial charge in [-0.05, 0) is 54.2 Å². The van der Waals surface area contributed by atoms with Crippen molar-refractivity contribution < 1.29 is 18.3 Å². The van der Waals surface area contributed by atoms with E-state index in [1.807, 2.05) is 30.5 Å². The molecule has 0 atom stereocenters. The fourth-order valence-electron chi connectivity index (χ4n) is 4.53. The summed E-state index contributed by atoms with van der Waals surface area (Å²) in [4.78, 5) is 9.16. The molecule has 1 aliphatic heterocycles. The van der Waals surface area contributed by atoms with Gasteiger partial charge in [-0.1, -0.05) is 63.6 Å². The van der Waals surface area contributed by atoms with E-state index in [1.54, 1.807) is 0 Å². The molecule has 4 nitrogen and oxygen atoms in total. The first-order chi connectivity index (χ1) is 17.7. The molecule has 1 aliphatic rings. The first-order valence-electron chi connectivity index (χ1n) is 12.6. The summed E-state index contributed by atoms with van der Waals surface area (Å²) >= 11 is -1.48. The van der Waals surface area contributed by atoms with E-state index in [0.717, 1.165) is 36.6 Å². The van der Waals surface area contributed by atoms with Crippen LogP contribution in [0.15, 0.2) is 60.8 Å². The Balaban J connectivity index is 0.000000886. The van der Waals surface area contributed by atoms with E-state index < -0.39 is 13.5 Å². The first-order valence-corrected chi connectivity index (χ1v) is 18.3. The molecule has 0 saturated carbocycles. The molecule has 37 heavy (non-hydrogen) atoms. The van der Waals surface area contributed by atoms with Gasteiger partial charge in [0.05, 0.1) is 12.3 Å². The average Bonchev–Trinajstić information content (AvgIpc) is 3.34. The van der Waals surface area contributed by atoms with Gasteiger partial charge in [0.2, 0.25) is 0 Å². The Morgan fingerprint density at radius 2 is 1.57 bits per heavy atom. The van der Waals surface area contributed by atoms with Crippen molar-refractivity contribution in [3.05, 3.63) is 89.8 Å². The summed E-state index contributed by atoms with van der Waals surface area (Å²) in [6.45, 7) is 16.2. The van der Waals surface area contributed by atoms with Crippen molar-refractivity contribution in [2.24, 2.45) is 0 Å². The second-order valence-corrected chi connectivity index (χ2v) is 15.5. The van der Waals surface area contributed by atoms with Crippen molar-refractivity contribution in [3.8, 4) is 5.75 Å². The number of hydrogen-bond acceptors (Lipinski definition) is 4. The van der Waals surface area contributed by atoms with Crippen molar-refractivity contribution in [2.45, 2.75) is 52.9 Å². The maximum absolute atomic E-state index is 6.21. The molecule has 2 heterocycles. The van der Waals surface area contributed by atoms with Crippen LogP contribution >= 0.6 is 19.4 Å². The Morgan fingerprint density at radius 3 is 2.16 bits per heavy atom. The van der Waals surface area contributed by atoms with Crippen molar-refractivity contribution in [1.29, 1.82) is 0 Å². The second kappa shape index (κ2) is 14.3. The standard InChI is InChI=1S/C29H36N3O.CH2.2ClH.Ru/c1-21(2)25-18-23(5)19-26(22(3)4)29(25)32-16-15-31(20-32)27-11-6-7-12-28(27)33-17-13-24-10-8-9-14-30-24;;;;/h6-12,14,18-22H,13,15-17H2,1-5H3;1H2;2*1H;/q-1;;;;+2/p-2. The van der Waals surface area contributed by atoms with Gasteiger partial charge in [-0.2, -0.15) is 6.67 Å². The van der Waals surface area contributed by atoms with Crippen LogP contribution in [0.25, 0.3) is 0 Å². The Hall–Kier alpha value is -1.94. The molecule has 1 fully saturated rings. The average molecular weight is 629 g/mol. The van der Waals surface area contributed by atoms with Crippen molar-refractivity contribution in [1.82, 2.24) is 4.98 Å². The van der Waals surface area contributed by atoms with Gasteiger partial charge in [-0.25, -0.2) is 0 Å². The molecule has 3 aromatic rings. The molecule has 7 heteroatoms. The minimum absolute atomic E-state index is 0.474. The topological polar surface area (TPSA) is 28.6 Å². The third-order valence-electron chi connectivity index (χ3n) is 6.22. The minimum atomic E-state index is -1.48. The normalized spacial score (nSPS) is 13.6. The molecule has 0 radical (unpaired) electrons. The number of para-hydroxylation sites is 2. The third-order valence-corrected chi connectivity index (χ3v) is 6.22. The van der Waals surface area contributed by atoms with E-state index in [9.17, 15) is 0 Å². The van der Waals surface area contributed by atoms with E-state index in [1.165, 1.54) is 22.4 Å². The van der Waals surface area contributed by atoms with Crippen LogP contribution in [0.5, 0.6) is 5.75 Å². The van der Waals surface area contributed by atoms with Crippen LogP contribution < -0.4 is 14.5 Å². The van der Waals surface area contributed by atoms with Gasteiger partial charge < -0.3 is 14.5 Å². The zero-order valence-electron chi connectivity index (χ0n) is 22.4. The van der Waals surface area contributed by atoms with Crippen LogP contribution in [0.1, 0.15) is 61.9 Å². The summed E-state index contributed by atoms with van der Waals surface area (Å²) in [5.41, 5.74) is 7.74. The summed E-state index contributed by atoms with van der Waals surface area (Å²) in [7, 11) is 10.1. The molecule has 1 saturated heterocycles. The SMILES string of the molecule is Cc1cc(C(C)C)c(N2[CH-]N(c3ccccc3OCCc3ccccn3)CC2)c(C(C)C)c1.[CH2]=[Ru]([Cl])[Cl]. The number of benzene rings is 2. The van der Waals surface area contributed by atoms with Crippen molar-refractivity contribution >= 4 is 35.9 Å². The molecule has 2 aromatic carbocycles. The van der Waals surface area contributed by atoms with Gasteiger partial charge >= 0.3 is 38.0 Å². The second-order valence-electron chi connectivity index (χ2n) is 9.73. The van der Waals surface area contributed by atoms with Crippen LogP contribution in [-0.4, -0.2) is 29.8 Å². The number of rotatable bonds is 8. The Labute approximate surface area is 236 Å². The molecule has 0 amide bonds. The number of halogens is 2. The summed E-state index contributed by atoms with van der Waals surface area (Å²) in [5.74, 6) is 1.87. The number of pyridine rings is 1. The number of aromatic nitrogens is 1. The fourth-order valence-corrected chi connectivity index (χ4v) is 4.53. The number of hydrogen-bond donors (Lipinski definition) is 0. The van der Waals surface area contributed by atoms with Crippen LogP contribution in [0.2, 0.25) is 0 Å². The van der Waals surface area contributed by atoms with E-state index in [4.69, 9.17) is 24.1 Å². The number of nitrogens with zero attached hydrogens (tertiary/aromatic N) is 3. The van der Waals surface area contributed by atoms with Gasteiger partial charge in [0, 0.05) is 37.1 Å². The molecular weight excluding hydrogens is 590 g/mol. The van der Waals surface area contributed by atoms with E-state index in [0.29, 0.717) is 18.4 Å². The molecule has 1 aromatic heterocycles. The van der Waals surface area contributed by atoms with E-state index in [2.05, 4.69) is 91.5 Å². The Kier molecular flexibility index (Phi) is 11.4. The molecule has 0 aliphatic carbocycles. The monoisotopic (exact) mass is 628 g/mol. The first kappa shape index (κ1) is 29.6. The quantitative estimate of drug-likeness (QED) is 0.187. The summed E-state index contributed by atoms with van der Waals surface area (Å²) in [6.07, 6.45) is 2.63. The molecule has 0 N–H and O–H groups in total. The summed E-state index contributed by atoms with van der Waals surface area (Å²) in [5, 5.41) is 3.31. The Morgan fingerprint density at radius 1 is 0.973 bits per heavy atom. The molecule has 202 valence electrons. The number of anilines is 2. The van der Waals surface area contributed by atoms with Gasteiger partial charge in [0.1, 0.15) is 5.75 Å². The predicted octanol–water partition coefficient (Wildman–Crippen LogP) is 8.05.